The zero-order valence-corrected chi connectivity index (χ0v) is 11.8. The van der Waals surface area contributed by atoms with Crippen LogP contribution in [0.15, 0.2) is 30.3 Å². The van der Waals surface area contributed by atoms with E-state index in [0.29, 0.717) is 18.8 Å². The quantitative estimate of drug-likeness (QED) is 0.839. The van der Waals surface area contributed by atoms with Crippen LogP contribution in [0.3, 0.4) is 0 Å². The lowest BCUT2D eigenvalue weighted by Gasteiger charge is -2.40. The molecule has 0 saturated carbocycles. The van der Waals surface area contributed by atoms with E-state index in [9.17, 15) is 9.67 Å². The fourth-order valence-corrected chi connectivity index (χ4v) is 3.84. The minimum atomic E-state index is -3.56. The summed E-state index contributed by atoms with van der Waals surface area (Å²) in [4.78, 5) is 0. The van der Waals surface area contributed by atoms with Gasteiger partial charge in [-0.3, -0.25) is 4.57 Å². The molecule has 0 aromatic heterocycles. The van der Waals surface area contributed by atoms with E-state index in [-0.39, 0.29) is 5.41 Å². The van der Waals surface area contributed by atoms with Crippen molar-refractivity contribution in [2.75, 3.05) is 13.2 Å². The second-order valence-electron chi connectivity index (χ2n) is 5.60. The van der Waals surface area contributed by atoms with Crippen molar-refractivity contribution in [2.24, 2.45) is 5.41 Å². The van der Waals surface area contributed by atoms with Crippen LogP contribution in [0.2, 0.25) is 0 Å². The first-order chi connectivity index (χ1) is 8.27. The van der Waals surface area contributed by atoms with Gasteiger partial charge in [0.1, 0.15) is 0 Å². The van der Waals surface area contributed by atoms with Gasteiger partial charge in [0.25, 0.3) is 0 Å². The largest absolute Gasteiger partial charge is 0.373 e. The molecule has 1 saturated heterocycles. The van der Waals surface area contributed by atoms with Gasteiger partial charge in [-0.05, 0) is 12.5 Å². The Morgan fingerprint density at radius 1 is 1.22 bits per heavy atom. The van der Waals surface area contributed by atoms with E-state index in [1.54, 1.807) is 24.3 Å². The van der Waals surface area contributed by atoms with Crippen molar-refractivity contribution in [3.05, 3.63) is 35.9 Å². The summed E-state index contributed by atoms with van der Waals surface area (Å²) in [6.07, 6.45) is 0. The van der Waals surface area contributed by atoms with E-state index >= 15 is 0 Å². The summed E-state index contributed by atoms with van der Waals surface area (Å²) < 4.78 is 23.4. The minimum absolute atomic E-state index is 0.180. The molecule has 1 atom stereocenters. The van der Waals surface area contributed by atoms with Crippen molar-refractivity contribution in [2.45, 2.75) is 26.1 Å². The smallest absolute Gasteiger partial charge is 0.366 e. The Morgan fingerprint density at radius 3 is 2.22 bits per heavy atom. The van der Waals surface area contributed by atoms with Gasteiger partial charge in [-0.25, -0.2) is 0 Å². The van der Waals surface area contributed by atoms with Crippen molar-refractivity contribution in [1.29, 1.82) is 0 Å². The van der Waals surface area contributed by atoms with Gasteiger partial charge in [0.05, 0.1) is 13.2 Å². The van der Waals surface area contributed by atoms with Gasteiger partial charge in [0.15, 0.2) is 5.34 Å². The number of hydrogen-bond donors (Lipinski definition) is 1. The highest BCUT2D eigenvalue weighted by atomic mass is 31.2. The number of hydrogen-bond acceptors (Lipinski definition) is 4. The second kappa shape index (κ2) is 4.46. The Labute approximate surface area is 107 Å². The predicted molar refractivity (Wildman–Crippen MR) is 69.3 cm³/mol. The molecule has 1 aromatic carbocycles. The van der Waals surface area contributed by atoms with Crippen LogP contribution in [0, 0.1) is 5.41 Å². The molecule has 0 bridgehead atoms. The Hall–Kier alpha value is -0.670. The molecule has 1 aliphatic heterocycles. The summed E-state index contributed by atoms with van der Waals surface area (Å²) in [5.74, 6) is 0. The van der Waals surface area contributed by atoms with E-state index in [1.807, 2.05) is 19.9 Å². The van der Waals surface area contributed by atoms with Crippen molar-refractivity contribution in [3.63, 3.8) is 0 Å². The summed E-state index contributed by atoms with van der Waals surface area (Å²) in [5, 5.41) is 8.91. The Morgan fingerprint density at radius 2 is 1.72 bits per heavy atom. The lowest BCUT2D eigenvalue weighted by molar-refractivity contribution is 0.000378. The molecule has 0 spiro atoms. The highest BCUT2D eigenvalue weighted by Crippen LogP contribution is 2.66. The molecule has 0 unspecified atom stereocenters. The molecule has 1 aliphatic rings. The first-order valence-electron chi connectivity index (χ1n) is 5.94. The zero-order valence-electron chi connectivity index (χ0n) is 10.9. The van der Waals surface area contributed by atoms with Gasteiger partial charge in [-0.15, -0.1) is 0 Å². The topological polar surface area (TPSA) is 55.8 Å². The molecule has 1 fully saturated rings. The zero-order chi connectivity index (χ0) is 13.4. The number of aliphatic hydroxyl groups is 1. The normalized spacial score (nSPS) is 25.3. The summed E-state index contributed by atoms with van der Waals surface area (Å²) in [6.45, 7) is 6.03. The minimum Gasteiger partial charge on any atom is -0.373 e. The number of rotatable bonds is 2. The van der Waals surface area contributed by atoms with Crippen molar-refractivity contribution >= 4 is 7.60 Å². The second-order valence-corrected chi connectivity index (χ2v) is 7.98. The summed E-state index contributed by atoms with van der Waals surface area (Å²) in [6, 6.07) is 8.83. The average molecular weight is 270 g/mol. The Balaban J connectivity index is 2.28. The van der Waals surface area contributed by atoms with E-state index in [1.165, 1.54) is 6.92 Å². The van der Waals surface area contributed by atoms with Crippen LogP contribution >= 0.6 is 7.60 Å². The fraction of sp³-hybridized carbons (Fsp3) is 0.538. The summed E-state index contributed by atoms with van der Waals surface area (Å²) in [7, 11) is -3.56. The molecule has 100 valence electrons. The Bertz CT molecular complexity index is 453. The summed E-state index contributed by atoms with van der Waals surface area (Å²) in [5.41, 5.74) is 0.355. The van der Waals surface area contributed by atoms with Gasteiger partial charge >= 0.3 is 7.60 Å². The van der Waals surface area contributed by atoms with E-state index < -0.39 is 12.9 Å². The van der Waals surface area contributed by atoms with E-state index in [0.717, 1.165) is 0 Å². The van der Waals surface area contributed by atoms with Crippen molar-refractivity contribution in [1.82, 2.24) is 0 Å². The van der Waals surface area contributed by atoms with Crippen molar-refractivity contribution < 1.29 is 18.7 Å². The van der Waals surface area contributed by atoms with Crippen LogP contribution in [0.5, 0.6) is 0 Å². The highest BCUT2D eigenvalue weighted by molar-refractivity contribution is 7.54. The van der Waals surface area contributed by atoms with E-state index in [2.05, 4.69) is 0 Å². The molecule has 18 heavy (non-hydrogen) atoms. The van der Waals surface area contributed by atoms with Crippen LogP contribution in [0.4, 0.5) is 0 Å². The third-order valence-electron chi connectivity index (χ3n) is 3.10. The van der Waals surface area contributed by atoms with Crippen LogP contribution in [-0.4, -0.2) is 18.3 Å². The molecule has 2 rings (SSSR count). The lowest BCUT2D eigenvalue weighted by atomic mass is 9.97. The highest BCUT2D eigenvalue weighted by Gasteiger charge is 2.51. The molecule has 1 heterocycles. The van der Waals surface area contributed by atoms with Crippen LogP contribution in [0.25, 0.3) is 0 Å². The first kappa shape index (κ1) is 13.8. The molecule has 0 radical (unpaired) electrons. The maximum atomic E-state index is 12.6. The third-order valence-corrected chi connectivity index (χ3v) is 5.37. The molecule has 0 amide bonds. The lowest BCUT2D eigenvalue weighted by Crippen LogP contribution is -2.35. The molecule has 1 aromatic rings. The molecule has 0 aliphatic carbocycles. The van der Waals surface area contributed by atoms with Crippen molar-refractivity contribution in [3.8, 4) is 0 Å². The summed E-state index contributed by atoms with van der Waals surface area (Å²) >= 11 is 0. The van der Waals surface area contributed by atoms with Crippen LogP contribution < -0.4 is 0 Å². The predicted octanol–water partition coefficient (Wildman–Crippen LogP) is 3.12. The van der Waals surface area contributed by atoms with Gasteiger partial charge in [0.2, 0.25) is 0 Å². The van der Waals surface area contributed by atoms with Gasteiger partial charge in [-0.2, -0.15) is 0 Å². The number of benzene rings is 1. The van der Waals surface area contributed by atoms with Gasteiger partial charge in [0, 0.05) is 5.41 Å². The maximum absolute atomic E-state index is 12.6. The van der Waals surface area contributed by atoms with Crippen LogP contribution in [0.1, 0.15) is 26.3 Å². The maximum Gasteiger partial charge on any atom is 0.366 e. The first-order valence-corrected chi connectivity index (χ1v) is 7.48. The van der Waals surface area contributed by atoms with E-state index in [4.69, 9.17) is 9.05 Å². The molecule has 4 nitrogen and oxygen atoms in total. The Kier molecular flexibility index (Phi) is 3.41. The molecular weight excluding hydrogens is 251 g/mol. The van der Waals surface area contributed by atoms with Gasteiger partial charge in [-0.1, -0.05) is 44.2 Å². The monoisotopic (exact) mass is 270 g/mol. The van der Waals surface area contributed by atoms with Crippen LogP contribution in [-0.2, 0) is 19.0 Å². The average Bonchev–Trinajstić information content (AvgIpc) is 2.34. The molecule has 5 heteroatoms. The van der Waals surface area contributed by atoms with Gasteiger partial charge < -0.3 is 14.2 Å². The fourth-order valence-electron chi connectivity index (χ4n) is 1.76. The third kappa shape index (κ3) is 2.39. The standard InChI is InChI=1S/C13H19O4P/c1-12(2)9-16-18(15,17-10-12)13(3,14)11-7-5-4-6-8-11/h4-8,14H,9-10H2,1-3H3/t13-/m1/s1. The SMILES string of the molecule is CC1(C)COP(=O)([C@@](C)(O)c2ccccc2)OC1. The molecular formula is C13H19O4P. The molecule has 1 N–H and O–H groups in total.